The van der Waals surface area contributed by atoms with Crippen LogP contribution in [0.3, 0.4) is 0 Å². The monoisotopic (exact) mass is 281 g/mol. The summed E-state index contributed by atoms with van der Waals surface area (Å²) < 4.78 is 5.60. The molecular formula is C15H11N3O3. The van der Waals surface area contributed by atoms with Gasteiger partial charge in [-0.25, -0.2) is 0 Å². The van der Waals surface area contributed by atoms with Gasteiger partial charge in [0.25, 0.3) is 0 Å². The van der Waals surface area contributed by atoms with E-state index in [1.807, 2.05) is 18.2 Å². The smallest absolute Gasteiger partial charge is 0.334 e. The summed E-state index contributed by atoms with van der Waals surface area (Å²) in [5.41, 5.74) is 6.21. The summed E-state index contributed by atoms with van der Waals surface area (Å²) in [5.74, 6) is 0.574. The number of hydrogen-bond acceptors (Lipinski definition) is 5. The number of fused-ring (bicyclic) bond motifs is 1. The summed E-state index contributed by atoms with van der Waals surface area (Å²) in [7, 11) is 0. The van der Waals surface area contributed by atoms with Crippen LogP contribution < -0.4 is 10.5 Å². The number of pyridine rings is 1. The Kier molecular flexibility index (Phi) is 3.12. The predicted molar refractivity (Wildman–Crippen MR) is 79.3 cm³/mol. The van der Waals surface area contributed by atoms with Crippen LogP contribution in [0.2, 0.25) is 0 Å². The predicted octanol–water partition coefficient (Wildman–Crippen LogP) is 3.52. The molecule has 3 aromatic rings. The van der Waals surface area contributed by atoms with Crippen molar-refractivity contribution in [2.75, 3.05) is 5.73 Å². The fourth-order valence-corrected chi connectivity index (χ4v) is 2.05. The second-order valence-corrected chi connectivity index (χ2v) is 4.41. The first kappa shape index (κ1) is 12.9. The summed E-state index contributed by atoms with van der Waals surface area (Å²) >= 11 is 0. The van der Waals surface area contributed by atoms with E-state index in [0.29, 0.717) is 5.75 Å². The molecule has 2 N–H and O–H groups in total. The quantitative estimate of drug-likeness (QED) is 0.450. The average Bonchev–Trinajstić information content (AvgIpc) is 2.47. The number of nitrogen functional groups attached to an aromatic ring is 1. The van der Waals surface area contributed by atoms with Gasteiger partial charge in [0.05, 0.1) is 10.4 Å². The molecule has 0 atom stereocenters. The molecule has 0 unspecified atom stereocenters. The highest BCUT2D eigenvalue weighted by molar-refractivity contribution is 5.80. The van der Waals surface area contributed by atoms with Crippen molar-refractivity contribution in [2.24, 2.45) is 0 Å². The number of benzene rings is 2. The van der Waals surface area contributed by atoms with E-state index in [0.717, 1.165) is 10.9 Å². The number of hydrogen-bond donors (Lipinski definition) is 1. The Labute approximate surface area is 119 Å². The number of rotatable bonds is 3. The van der Waals surface area contributed by atoms with Crippen LogP contribution >= 0.6 is 0 Å². The summed E-state index contributed by atoms with van der Waals surface area (Å²) in [4.78, 5) is 14.7. The fraction of sp³-hybridized carbons (Fsp3) is 0. The van der Waals surface area contributed by atoms with Crippen molar-refractivity contribution < 1.29 is 9.66 Å². The number of nitrogens with two attached hydrogens (primary N) is 1. The largest absolute Gasteiger partial charge is 0.450 e. The first-order chi connectivity index (χ1) is 10.1. The minimum Gasteiger partial charge on any atom is -0.450 e. The molecule has 0 aliphatic heterocycles. The summed E-state index contributed by atoms with van der Waals surface area (Å²) in [6.45, 7) is 0. The maximum atomic E-state index is 11.1. The molecule has 1 heterocycles. The van der Waals surface area contributed by atoms with Gasteiger partial charge in [0.1, 0.15) is 11.4 Å². The van der Waals surface area contributed by atoms with Gasteiger partial charge in [0.2, 0.25) is 5.75 Å². The summed E-state index contributed by atoms with van der Waals surface area (Å²) in [6, 6.07) is 13.6. The van der Waals surface area contributed by atoms with Crippen molar-refractivity contribution in [1.82, 2.24) is 4.98 Å². The first-order valence-electron chi connectivity index (χ1n) is 6.20. The molecule has 0 aliphatic carbocycles. The molecule has 1 aromatic heterocycles. The van der Waals surface area contributed by atoms with Gasteiger partial charge in [-0.05, 0) is 30.3 Å². The van der Waals surface area contributed by atoms with Gasteiger partial charge < -0.3 is 10.5 Å². The van der Waals surface area contributed by atoms with E-state index in [9.17, 15) is 10.1 Å². The van der Waals surface area contributed by atoms with Crippen molar-refractivity contribution in [3.8, 4) is 11.5 Å². The van der Waals surface area contributed by atoms with Gasteiger partial charge in [-0.2, -0.15) is 0 Å². The van der Waals surface area contributed by atoms with Crippen LogP contribution in [0, 0.1) is 10.1 Å². The Morgan fingerprint density at radius 1 is 1.14 bits per heavy atom. The molecule has 0 saturated carbocycles. The van der Waals surface area contributed by atoms with Crippen LogP contribution in [0.15, 0.2) is 54.7 Å². The van der Waals surface area contributed by atoms with E-state index in [4.69, 9.17) is 10.5 Å². The zero-order valence-corrected chi connectivity index (χ0v) is 10.9. The Bertz CT molecular complexity index is 833. The molecule has 2 aromatic carbocycles. The second-order valence-electron chi connectivity index (χ2n) is 4.41. The van der Waals surface area contributed by atoms with Gasteiger partial charge in [0.15, 0.2) is 0 Å². The third kappa shape index (κ3) is 2.46. The standard InChI is InChI=1S/C15H11N3O3/c16-12-4-1-5-14(15(12)18(19)20)21-11-7-6-10-3-2-8-17-13(10)9-11/h1-9H,16H2. The highest BCUT2D eigenvalue weighted by atomic mass is 16.6. The van der Waals surface area contributed by atoms with Crippen molar-refractivity contribution in [3.63, 3.8) is 0 Å². The maximum absolute atomic E-state index is 11.1. The number of nitrogens with zero attached hydrogens (tertiary/aromatic N) is 2. The van der Waals surface area contributed by atoms with Gasteiger partial charge >= 0.3 is 5.69 Å². The van der Waals surface area contributed by atoms with Gasteiger partial charge in [-0.3, -0.25) is 15.1 Å². The third-order valence-electron chi connectivity index (χ3n) is 3.02. The zero-order valence-electron chi connectivity index (χ0n) is 10.9. The Morgan fingerprint density at radius 3 is 2.81 bits per heavy atom. The highest BCUT2D eigenvalue weighted by Gasteiger charge is 2.19. The summed E-state index contributed by atoms with van der Waals surface area (Å²) in [5, 5.41) is 12.0. The van der Waals surface area contributed by atoms with E-state index in [-0.39, 0.29) is 17.1 Å². The molecule has 0 radical (unpaired) electrons. The van der Waals surface area contributed by atoms with Crippen molar-refractivity contribution >= 4 is 22.3 Å². The molecule has 0 fully saturated rings. The molecule has 3 rings (SSSR count). The Morgan fingerprint density at radius 2 is 2.00 bits per heavy atom. The Balaban J connectivity index is 2.02. The molecule has 0 aliphatic rings. The molecule has 21 heavy (non-hydrogen) atoms. The maximum Gasteiger partial charge on any atom is 0.334 e. The van der Waals surface area contributed by atoms with Crippen LogP contribution in [0.4, 0.5) is 11.4 Å². The van der Waals surface area contributed by atoms with Gasteiger partial charge in [-0.1, -0.05) is 12.1 Å². The minimum absolute atomic E-state index is 0.0661. The van der Waals surface area contributed by atoms with Gasteiger partial charge in [-0.15, -0.1) is 0 Å². The molecule has 0 spiro atoms. The molecule has 0 amide bonds. The highest BCUT2D eigenvalue weighted by Crippen LogP contribution is 2.36. The topological polar surface area (TPSA) is 91.3 Å². The van der Waals surface area contributed by atoms with E-state index in [1.54, 1.807) is 24.4 Å². The molecule has 104 valence electrons. The lowest BCUT2D eigenvalue weighted by molar-refractivity contribution is -0.384. The van der Waals surface area contributed by atoms with E-state index >= 15 is 0 Å². The summed E-state index contributed by atoms with van der Waals surface area (Å²) in [6.07, 6.45) is 1.68. The number of nitro benzene ring substituents is 1. The molecular weight excluding hydrogens is 270 g/mol. The van der Waals surface area contributed by atoms with Crippen LogP contribution in [-0.2, 0) is 0 Å². The second kappa shape index (κ2) is 5.09. The van der Waals surface area contributed by atoms with Crippen molar-refractivity contribution in [1.29, 1.82) is 0 Å². The normalized spacial score (nSPS) is 10.5. The van der Waals surface area contributed by atoms with E-state index in [1.165, 1.54) is 12.1 Å². The third-order valence-corrected chi connectivity index (χ3v) is 3.02. The zero-order chi connectivity index (χ0) is 14.8. The van der Waals surface area contributed by atoms with Crippen LogP contribution in [0.5, 0.6) is 11.5 Å². The first-order valence-corrected chi connectivity index (χ1v) is 6.20. The van der Waals surface area contributed by atoms with Gasteiger partial charge in [0, 0.05) is 17.6 Å². The van der Waals surface area contributed by atoms with Crippen LogP contribution in [0.1, 0.15) is 0 Å². The molecule has 0 saturated heterocycles. The molecule has 6 heteroatoms. The SMILES string of the molecule is Nc1cccc(Oc2ccc3cccnc3c2)c1[N+](=O)[O-]. The van der Waals surface area contributed by atoms with Crippen LogP contribution in [-0.4, -0.2) is 9.91 Å². The number of ether oxygens (including phenoxy) is 1. The van der Waals surface area contributed by atoms with Crippen LogP contribution in [0.25, 0.3) is 10.9 Å². The minimum atomic E-state index is -0.552. The number of anilines is 1. The van der Waals surface area contributed by atoms with E-state index < -0.39 is 4.92 Å². The number of aromatic nitrogens is 1. The lowest BCUT2D eigenvalue weighted by atomic mass is 10.2. The lowest BCUT2D eigenvalue weighted by Crippen LogP contribution is -1.98. The Hall–Kier alpha value is -3.15. The van der Waals surface area contributed by atoms with Crippen molar-refractivity contribution in [3.05, 3.63) is 64.8 Å². The molecule has 0 bridgehead atoms. The number of nitro groups is 1. The van der Waals surface area contributed by atoms with E-state index in [2.05, 4.69) is 4.98 Å². The molecule has 6 nitrogen and oxygen atoms in total. The number of para-hydroxylation sites is 1. The lowest BCUT2D eigenvalue weighted by Gasteiger charge is -2.08. The fourth-order valence-electron chi connectivity index (χ4n) is 2.05. The van der Waals surface area contributed by atoms with Crippen molar-refractivity contribution in [2.45, 2.75) is 0 Å². The average molecular weight is 281 g/mol.